The van der Waals surface area contributed by atoms with Crippen LogP contribution in [0, 0.1) is 5.82 Å². The summed E-state index contributed by atoms with van der Waals surface area (Å²) in [7, 11) is 0. The molecule has 2 aliphatic heterocycles. The summed E-state index contributed by atoms with van der Waals surface area (Å²) < 4.78 is 14.2. The molecule has 172 valence electrons. The Balaban J connectivity index is 1.69. The number of piperazine rings is 1. The molecule has 0 aliphatic carbocycles. The van der Waals surface area contributed by atoms with E-state index >= 15 is 0 Å². The summed E-state index contributed by atoms with van der Waals surface area (Å²) in [6.07, 6.45) is 2.99. The first-order valence-electron chi connectivity index (χ1n) is 10.9. The van der Waals surface area contributed by atoms with Crippen LogP contribution in [-0.4, -0.2) is 57.5 Å². The van der Waals surface area contributed by atoms with Crippen LogP contribution >= 0.6 is 0 Å². The largest absolute Gasteiger partial charge is 0.353 e. The van der Waals surface area contributed by atoms with Gasteiger partial charge in [0.05, 0.1) is 12.0 Å². The number of carbonyl (C=O) groups excluding carboxylic acids is 4. The molecule has 0 radical (unpaired) electrons. The van der Waals surface area contributed by atoms with Gasteiger partial charge in [-0.1, -0.05) is 25.1 Å². The van der Waals surface area contributed by atoms with Gasteiger partial charge >= 0.3 is 0 Å². The van der Waals surface area contributed by atoms with Crippen molar-refractivity contribution in [1.29, 1.82) is 0 Å². The second-order valence-electron chi connectivity index (χ2n) is 8.39. The summed E-state index contributed by atoms with van der Waals surface area (Å²) in [6, 6.07) is 8.28. The van der Waals surface area contributed by atoms with E-state index in [9.17, 15) is 23.6 Å². The van der Waals surface area contributed by atoms with Crippen LogP contribution in [0.4, 0.5) is 4.39 Å². The SMILES string of the molecule is CC[C@@H]1C(=O)NCCN1C(=O)C[C@]1(c2cccc(F)c2)CC(=O)N(Cc2cccnc2)C1=O. The van der Waals surface area contributed by atoms with E-state index in [0.29, 0.717) is 25.1 Å². The second-order valence-corrected chi connectivity index (χ2v) is 8.39. The summed E-state index contributed by atoms with van der Waals surface area (Å²) in [4.78, 5) is 58.9. The third kappa shape index (κ3) is 4.22. The topological polar surface area (TPSA) is 99.7 Å². The molecule has 0 unspecified atom stereocenters. The van der Waals surface area contributed by atoms with E-state index in [4.69, 9.17) is 0 Å². The predicted octanol–water partition coefficient (Wildman–Crippen LogP) is 1.54. The Morgan fingerprint density at radius 2 is 2.06 bits per heavy atom. The third-order valence-corrected chi connectivity index (χ3v) is 6.34. The number of halogens is 1. The fourth-order valence-electron chi connectivity index (χ4n) is 4.67. The zero-order valence-electron chi connectivity index (χ0n) is 18.3. The number of aromatic nitrogens is 1. The summed E-state index contributed by atoms with van der Waals surface area (Å²) in [5, 5.41) is 2.74. The van der Waals surface area contributed by atoms with Gasteiger partial charge in [-0.15, -0.1) is 0 Å². The Kier molecular flexibility index (Phi) is 6.22. The van der Waals surface area contributed by atoms with E-state index in [2.05, 4.69) is 10.3 Å². The lowest BCUT2D eigenvalue weighted by Gasteiger charge is -2.37. The number of likely N-dealkylation sites (tertiary alicyclic amines) is 1. The van der Waals surface area contributed by atoms with Crippen LogP contribution in [0.25, 0.3) is 0 Å². The molecule has 1 aromatic carbocycles. The number of hydrogen-bond acceptors (Lipinski definition) is 5. The molecular formula is C24H25FN4O4. The normalized spacial score (nSPS) is 23.1. The van der Waals surface area contributed by atoms with Crippen molar-refractivity contribution in [1.82, 2.24) is 20.1 Å². The summed E-state index contributed by atoms with van der Waals surface area (Å²) >= 11 is 0. The third-order valence-electron chi connectivity index (χ3n) is 6.34. The lowest BCUT2D eigenvalue weighted by molar-refractivity contribution is -0.147. The van der Waals surface area contributed by atoms with Crippen LogP contribution in [-0.2, 0) is 31.1 Å². The molecule has 0 saturated carbocycles. The predicted molar refractivity (Wildman–Crippen MR) is 116 cm³/mol. The van der Waals surface area contributed by atoms with Crippen molar-refractivity contribution in [3.63, 3.8) is 0 Å². The molecule has 0 bridgehead atoms. The van der Waals surface area contributed by atoms with Crippen molar-refractivity contribution in [2.75, 3.05) is 13.1 Å². The highest BCUT2D eigenvalue weighted by Crippen LogP contribution is 2.41. The first kappa shape index (κ1) is 22.6. The van der Waals surface area contributed by atoms with Crippen LogP contribution in [0.3, 0.4) is 0 Å². The minimum atomic E-state index is -1.54. The zero-order chi connectivity index (χ0) is 23.6. The number of imide groups is 1. The lowest BCUT2D eigenvalue weighted by atomic mass is 9.75. The maximum Gasteiger partial charge on any atom is 0.242 e. The molecule has 0 spiro atoms. The van der Waals surface area contributed by atoms with Gasteiger partial charge in [-0.05, 0) is 35.7 Å². The number of nitrogens with one attached hydrogen (secondary N) is 1. The van der Waals surface area contributed by atoms with Crippen LogP contribution in [0.5, 0.6) is 0 Å². The molecule has 2 aromatic rings. The molecule has 1 N–H and O–H groups in total. The molecule has 9 heteroatoms. The lowest BCUT2D eigenvalue weighted by Crippen LogP contribution is -2.58. The van der Waals surface area contributed by atoms with E-state index in [1.54, 1.807) is 37.5 Å². The number of nitrogens with zero attached hydrogens (tertiary/aromatic N) is 3. The van der Waals surface area contributed by atoms with Gasteiger partial charge in [-0.3, -0.25) is 29.1 Å². The first-order valence-corrected chi connectivity index (χ1v) is 10.9. The maximum absolute atomic E-state index is 14.2. The smallest absolute Gasteiger partial charge is 0.242 e. The minimum absolute atomic E-state index is 0.0144. The minimum Gasteiger partial charge on any atom is -0.353 e. The molecular weight excluding hydrogens is 427 g/mol. The molecule has 2 atom stereocenters. The summed E-state index contributed by atoms with van der Waals surface area (Å²) in [5.41, 5.74) is -0.596. The van der Waals surface area contributed by atoms with Crippen molar-refractivity contribution in [2.24, 2.45) is 0 Å². The Morgan fingerprint density at radius 3 is 2.76 bits per heavy atom. The van der Waals surface area contributed by atoms with Crippen LogP contribution in [0.15, 0.2) is 48.8 Å². The van der Waals surface area contributed by atoms with Crippen molar-refractivity contribution in [3.8, 4) is 0 Å². The molecule has 2 fully saturated rings. The van der Waals surface area contributed by atoms with E-state index in [-0.39, 0.29) is 30.9 Å². The number of pyridine rings is 1. The van der Waals surface area contributed by atoms with Crippen molar-refractivity contribution < 1.29 is 23.6 Å². The Morgan fingerprint density at radius 1 is 1.24 bits per heavy atom. The van der Waals surface area contributed by atoms with Gasteiger partial charge in [0.2, 0.25) is 23.6 Å². The fourth-order valence-corrected chi connectivity index (χ4v) is 4.67. The Hall–Kier alpha value is -3.62. The van der Waals surface area contributed by atoms with Gasteiger partial charge in [0, 0.05) is 38.3 Å². The second kappa shape index (κ2) is 9.09. The van der Waals surface area contributed by atoms with Gasteiger partial charge in [0.25, 0.3) is 0 Å². The fraction of sp³-hybridized carbons (Fsp3) is 0.375. The zero-order valence-corrected chi connectivity index (χ0v) is 18.3. The highest BCUT2D eigenvalue weighted by Gasteiger charge is 2.54. The van der Waals surface area contributed by atoms with Crippen molar-refractivity contribution in [3.05, 3.63) is 65.7 Å². The van der Waals surface area contributed by atoms with E-state index < -0.39 is 35.0 Å². The van der Waals surface area contributed by atoms with E-state index in [0.717, 1.165) is 4.90 Å². The van der Waals surface area contributed by atoms with Gasteiger partial charge < -0.3 is 10.2 Å². The highest BCUT2D eigenvalue weighted by atomic mass is 19.1. The maximum atomic E-state index is 14.2. The average Bonchev–Trinajstić information content (AvgIpc) is 3.04. The molecule has 3 heterocycles. The molecule has 1 aromatic heterocycles. The van der Waals surface area contributed by atoms with Gasteiger partial charge in [-0.2, -0.15) is 0 Å². The Labute approximate surface area is 190 Å². The molecule has 4 rings (SSSR count). The van der Waals surface area contributed by atoms with Crippen molar-refractivity contribution >= 4 is 23.6 Å². The monoisotopic (exact) mass is 452 g/mol. The van der Waals surface area contributed by atoms with Gasteiger partial charge in [0.1, 0.15) is 11.9 Å². The number of hydrogen-bond donors (Lipinski definition) is 1. The number of benzene rings is 1. The molecule has 8 nitrogen and oxygen atoms in total. The molecule has 4 amide bonds. The highest BCUT2D eigenvalue weighted by molar-refractivity contribution is 6.10. The van der Waals surface area contributed by atoms with Gasteiger partial charge in [-0.25, -0.2) is 4.39 Å². The van der Waals surface area contributed by atoms with Crippen LogP contribution < -0.4 is 5.32 Å². The molecule has 2 saturated heterocycles. The quantitative estimate of drug-likeness (QED) is 0.671. The molecule has 33 heavy (non-hydrogen) atoms. The number of amides is 4. The standard InChI is InChI=1S/C24H25FN4O4/c1-2-19-22(32)27-9-10-28(19)20(30)12-24(17-6-3-7-18(25)11-17)13-21(31)29(23(24)33)15-16-5-4-8-26-14-16/h3-8,11,14,19H,2,9-10,12-13,15H2,1H3,(H,27,32)/t19-,24-/m1/s1. The number of carbonyl (C=O) groups is 4. The average molecular weight is 452 g/mol. The van der Waals surface area contributed by atoms with Crippen molar-refractivity contribution in [2.45, 2.75) is 44.2 Å². The Bertz CT molecular complexity index is 1090. The van der Waals surface area contributed by atoms with E-state index in [1.165, 1.54) is 23.1 Å². The van der Waals surface area contributed by atoms with E-state index in [1.807, 2.05) is 0 Å². The molecule has 2 aliphatic rings. The first-order chi connectivity index (χ1) is 15.9. The summed E-state index contributed by atoms with van der Waals surface area (Å²) in [5.74, 6) is -2.21. The van der Waals surface area contributed by atoms with Crippen LogP contribution in [0.2, 0.25) is 0 Å². The van der Waals surface area contributed by atoms with Crippen LogP contribution in [0.1, 0.15) is 37.3 Å². The number of rotatable bonds is 6. The van der Waals surface area contributed by atoms with Gasteiger partial charge in [0.15, 0.2) is 0 Å². The summed E-state index contributed by atoms with van der Waals surface area (Å²) in [6.45, 7) is 2.44.